The van der Waals surface area contributed by atoms with Gasteiger partial charge in [0.1, 0.15) is 5.76 Å². The smallest absolute Gasteiger partial charge is 0.123 e. The molecule has 1 aliphatic rings. The number of rotatable bonds is 1. The van der Waals surface area contributed by atoms with E-state index in [0.29, 0.717) is 5.76 Å². The van der Waals surface area contributed by atoms with Crippen LogP contribution in [0.5, 0.6) is 0 Å². The molecule has 0 atom stereocenters. The summed E-state index contributed by atoms with van der Waals surface area (Å²) in [5.41, 5.74) is 4.55. The van der Waals surface area contributed by atoms with Crippen LogP contribution in [0.4, 0.5) is 0 Å². The van der Waals surface area contributed by atoms with Crippen LogP contribution in [0.3, 0.4) is 0 Å². The first-order valence-corrected chi connectivity index (χ1v) is 5.52. The molecule has 0 saturated carbocycles. The van der Waals surface area contributed by atoms with E-state index in [4.69, 9.17) is 0 Å². The van der Waals surface area contributed by atoms with E-state index >= 15 is 0 Å². The Labute approximate surface area is 96.4 Å². The molecule has 0 saturated heterocycles. The zero-order valence-corrected chi connectivity index (χ0v) is 9.70. The van der Waals surface area contributed by atoms with Crippen LogP contribution in [0.25, 0.3) is 5.57 Å². The van der Waals surface area contributed by atoms with Crippen molar-refractivity contribution >= 4 is 5.57 Å². The lowest BCUT2D eigenvalue weighted by molar-refractivity contribution is 0.433. The van der Waals surface area contributed by atoms with E-state index in [1.807, 2.05) is 36.4 Å². The summed E-state index contributed by atoms with van der Waals surface area (Å²) in [6, 6.07) is 10.1. The monoisotopic (exact) mass is 212 g/mol. The fraction of sp³-hybridized carbons (Fsp3) is 0.200. The van der Waals surface area contributed by atoms with E-state index < -0.39 is 0 Å². The highest BCUT2D eigenvalue weighted by Gasteiger charge is 2.15. The highest BCUT2D eigenvalue weighted by Crippen LogP contribution is 2.33. The summed E-state index contributed by atoms with van der Waals surface area (Å²) in [5.74, 6) is 0.369. The van der Waals surface area contributed by atoms with Crippen LogP contribution in [0.1, 0.15) is 25.8 Å². The summed E-state index contributed by atoms with van der Waals surface area (Å²) in [6.45, 7) is 4.18. The minimum atomic E-state index is 0.369. The molecule has 1 aromatic carbocycles. The summed E-state index contributed by atoms with van der Waals surface area (Å²) < 4.78 is 0. The summed E-state index contributed by atoms with van der Waals surface area (Å²) in [4.78, 5) is 0. The number of aliphatic hydroxyl groups excluding tert-OH is 1. The van der Waals surface area contributed by atoms with Crippen LogP contribution in [0, 0.1) is 0 Å². The molecule has 0 bridgehead atoms. The minimum absolute atomic E-state index is 0.369. The van der Waals surface area contributed by atoms with Gasteiger partial charge in [0.2, 0.25) is 0 Å². The van der Waals surface area contributed by atoms with Crippen LogP contribution in [0.2, 0.25) is 0 Å². The average Bonchev–Trinajstić information content (AvgIpc) is 2.29. The van der Waals surface area contributed by atoms with Gasteiger partial charge in [-0.3, -0.25) is 0 Å². The molecule has 1 N–H and O–H groups in total. The zero-order valence-electron chi connectivity index (χ0n) is 9.70. The molecule has 0 radical (unpaired) electrons. The van der Waals surface area contributed by atoms with Crippen molar-refractivity contribution < 1.29 is 5.11 Å². The zero-order chi connectivity index (χ0) is 11.5. The van der Waals surface area contributed by atoms with Crippen molar-refractivity contribution in [2.45, 2.75) is 20.3 Å². The Morgan fingerprint density at radius 3 is 2.44 bits per heavy atom. The lowest BCUT2D eigenvalue weighted by Crippen LogP contribution is -1.99. The van der Waals surface area contributed by atoms with Gasteiger partial charge in [0, 0.05) is 5.57 Å². The molecule has 1 heteroatoms. The molecule has 0 unspecified atom stereocenters. The number of benzene rings is 1. The number of hydrogen-bond donors (Lipinski definition) is 1. The lowest BCUT2D eigenvalue weighted by Gasteiger charge is -2.18. The Hall–Kier alpha value is -1.76. The van der Waals surface area contributed by atoms with Crippen LogP contribution in [-0.2, 0) is 0 Å². The van der Waals surface area contributed by atoms with E-state index in [0.717, 1.165) is 17.6 Å². The lowest BCUT2D eigenvalue weighted by atomic mass is 9.88. The third kappa shape index (κ3) is 1.94. The Bertz CT molecular complexity index is 471. The maximum absolute atomic E-state index is 10.0. The molecule has 0 spiro atoms. The van der Waals surface area contributed by atoms with Gasteiger partial charge in [0.05, 0.1) is 0 Å². The van der Waals surface area contributed by atoms with Crippen molar-refractivity contribution in [1.29, 1.82) is 0 Å². The second-order valence-electron chi connectivity index (χ2n) is 4.21. The fourth-order valence-electron chi connectivity index (χ4n) is 2.01. The summed E-state index contributed by atoms with van der Waals surface area (Å²) in [7, 11) is 0. The van der Waals surface area contributed by atoms with Gasteiger partial charge in [-0.15, -0.1) is 0 Å². The molecule has 82 valence electrons. The molecular formula is C15H16O. The molecular weight excluding hydrogens is 196 g/mol. The standard InChI is InChI=1S/C15H16O/c1-11(2)13-9-6-10-14(16)15(13)12-7-4-3-5-8-12/h3-8,10,16H,9H2,1-2H3. The van der Waals surface area contributed by atoms with Gasteiger partial charge in [-0.1, -0.05) is 42.0 Å². The third-order valence-corrected chi connectivity index (χ3v) is 2.82. The van der Waals surface area contributed by atoms with Crippen LogP contribution < -0.4 is 0 Å². The molecule has 1 nitrogen and oxygen atoms in total. The van der Waals surface area contributed by atoms with Crippen molar-refractivity contribution in [2.75, 3.05) is 0 Å². The molecule has 0 aromatic heterocycles. The molecule has 1 aliphatic carbocycles. The molecule has 0 amide bonds. The van der Waals surface area contributed by atoms with Gasteiger partial charge < -0.3 is 5.11 Å². The summed E-state index contributed by atoms with van der Waals surface area (Å²) in [5, 5.41) is 10.0. The van der Waals surface area contributed by atoms with E-state index in [2.05, 4.69) is 13.8 Å². The van der Waals surface area contributed by atoms with Crippen molar-refractivity contribution in [3.05, 3.63) is 65.0 Å². The normalized spacial score (nSPS) is 15.5. The van der Waals surface area contributed by atoms with Crippen molar-refractivity contribution in [3.8, 4) is 0 Å². The average molecular weight is 212 g/mol. The maximum Gasteiger partial charge on any atom is 0.123 e. The predicted octanol–water partition coefficient (Wildman–Crippen LogP) is 4.25. The maximum atomic E-state index is 10.0. The Kier molecular flexibility index (Phi) is 2.95. The van der Waals surface area contributed by atoms with Crippen molar-refractivity contribution in [3.63, 3.8) is 0 Å². The molecule has 1 aromatic rings. The largest absolute Gasteiger partial charge is 0.507 e. The molecule has 0 fully saturated rings. The Morgan fingerprint density at radius 1 is 1.12 bits per heavy atom. The SMILES string of the molecule is CC(C)=C1CC=CC(O)=C1c1ccccc1. The minimum Gasteiger partial charge on any atom is -0.507 e. The van der Waals surface area contributed by atoms with Crippen LogP contribution in [-0.4, -0.2) is 5.11 Å². The van der Waals surface area contributed by atoms with E-state index in [9.17, 15) is 5.11 Å². The summed E-state index contributed by atoms with van der Waals surface area (Å²) >= 11 is 0. The van der Waals surface area contributed by atoms with Crippen molar-refractivity contribution in [2.24, 2.45) is 0 Å². The second-order valence-corrected chi connectivity index (χ2v) is 4.21. The van der Waals surface area contributed by atoms with Gasteiger partial charge in [0.15, 0.2) is 0 Å². The molecule has 2 rings (SSSR count). The molecule has 0 heterocycles. The summed E-state index contributed by atoms with van der Waals surface area (Å²) in [6.07, 6.45) is 4.69. The molecule has 0 aliphatic heterocycles. The van der Waals surface area contributed by atoms with Crippen LogP contribution in [0.15, 0.2) is 59.4 Å². The first-order chi connectivity index (χ1) is 7.70. The fourth-order valence-corrected chi connectivity index (χ4v) is 2.01. The van der Waals surface area contributed by atoms with E-state index in [1.54, 1.807) is 6.08 Å². The highest BCUT2D eigenvalue weighted by molar-refractivity contribution is 5.83. The van der Waals surface area contributed by atoms with Crippen molar-refractivity contribution in [1.82, 2.24) is 0 Å². The second kappa shape index (κ2) is 4.40. The van der Waals surface area contributed by atoms with Gasteiger partial charge in [-0.25, -0.2) is 0 Å². The predicted molar refractivity (Wildman–Crippen MR) is 68.1 cm³/mol. The van der Waals surface area contributed by atoms with E-state index in [-0.39, 0.29) is 0 Å². The number of aliphatic hydroxyl groups is 1. The first-order valence-electron chi connectivity index (χ1n) is 5.52. The number of hydrogen-bond acceptors (Lipinski definition) is 1. The highest BCUT2D eigenvalue weighted by atomic mass is 16.3. The van der Waals surface area contributed by atoms with Gasteiger partial charge in [-0.2, -0.15) is 0 Å². The first kappa shape index (κ1) is 10.7. The molecule has 16 heavy (non-hydrogen) atoms. The Morgan fingerprint density at radius 2 is 1.81 bits per heavy atom. The Balaban J connectivity index is 2.59. The topological polar surface area (TPSA) is 20.2 Å². The van der Waals surface area contributed by atoms with Gasteiger partial charge >= 0.3 is 0 Å². The number of allylic oxidation sites excluding steroid dienone is 5. The third-order valence-electron chi connectivity index (χ3n) is 2.82. The van der Waals surface area contributed by atoms with Crippen LogP contribution >= 0.6 is 0 Å². The van der Waals surface area contributed by atoms with Gasteiger partial charge in [0.25, 0.3) is 0 Å². The quantitative estimate of drug-likeness (QED) is 0.737. The van der Waals surface area contributed by atoms with E-state index in [1.165, 1.54) is 11.1 Å². The van der Waals surface area contributed by atoms with Gasteiger partial charge in [-0.05, 0) is 37.5 Å².